The summed E-state index contributed by atoms with van der Waals surface area (Å²) in [7, 11) is 0. The highest BCUT2D eigenvalue weighted by Gasteiger charge is 2.08. The molecule has 0 aliphatic carbocycles. The largest absolute Gasteiger partial charge is 0.478 e. The second-order valence-electron chi connectivity index (χ2n) is 4.27. The average Bonchev–Trinajstić information content (AvgIpc) is 2.52. The zero-order chi connectivity index (χ0) is 15.1. The monoisotopic (exact) mass is 301 g/mol. The van der Waals surface area contributed by atoms with E-state index in [4.69, 9.17) is 17.3 Å². The van der Waals surface area contributed by atoms with Crippen molar-refractivity contribution in [3.05, 3.63) is 65.7 Å². The number of carboxylic acid groups (broad SMARTS) is 1. The number of hydrogen-bond acceptors (Lipinski definition) is 3. The third kappa shape index (κ3) is 4.47. The number of anilines is 1. The van der Waals surface area contributed by atoms with Crippen molar-refractivity contribution in [3.8, 4) is 0 Å². The van der Waals surface area contributed by atoms with Crippen LogP contribution in [0.25, 0.3) is 0 Å². The van der Waals surface area contributed by atoms with Gasteiger partial charge >= 0.3 is 5.97 Å². The zero-order valence-electron chi connectivity index (χ0n) is 11.2. The summed E-state index contributed by atoms with van der Waals surface area (Å²) in [6.07, 6.45) is 0. The Morgan fingerprint density at radius 2 is 1.71 bits per heavy atom. The van der Waals surface area contributed by atoms with Crippen LogP contribution in [0.3, 0.4) is 0 Å². The maximum absolute atomic E-state index is 11.1. The summed E-state index contributed by atoms with van der Waals surface area (Å²) in [6, 6.07) is 16.4. The number of aromatic carboxylic acids is 1. The standard InChI is InChI=1S/C15H15N3O2S/c19-14(20)12-8-4-5-9-13(12)17-18-15(21)16-10-11-6-2-1-3-7-11/h1-9,17H,10H2,(H,19,20)(H2,16,18,21). The van der Waals surface area contributed by atoms with Crippen LogP contribution in [0.5, 0.6) is 0 Å². The lowest BCUT2D eigenvalue weighted by molar-refractivity contribution is 0.0698. The summed E-state index contributed by atoms with van der Waals surface area (Å²) in [5.74, 6) is -0.997. The van der Waals surface area contributed by atoms with Gasteiger partial charge in [0.05, 0.1) is 11.3 Å². The molecule has 0 fully saturated rings. The molecule has 0 saturated heterocycles. The summed E-state index contributed by atoms with van der Waals surface area (Å²) < 4.78 is 0. The number of rotatable bonds is 5. The van der Waals surface area contributed by atoms with Crippen LogP contribution in [0.1, 0.15) is 15.9 Å². The van der Waals surface area contributed by atoms with E-state index in [1.54, 1.807) is 18.2 Å². The zero-order valence-corrected chi connectivity index (χ0v) is 12.0. The van der Waals surface area contributed by atoms with E-state index >= 15 is 0 Å². The van der Waals surface area contributed by atoms with E-state index in [-0.39, 0.29) is 5.56 Å². The molecule has 0 saturated carbocycles. The smallest absolute Gasteiger partial charge is 0.337 e. The van der Waals surface area contributed by atoms with Crippen LogP contribution in [0.4, 0.5) is 5.69 Å². The van der Waals surface area contributed by atoms with Gasteiger partial charge in [-0.1, -0.05) is 42.5 Å². The molecule has 2 aromatic carbocycles. The summed E-state index contributed by atoms with van der Waals surface area (Å²) in [5.41, 5.74) is 7.30. The van der Waals surface area contributed by atoms with E-state index < -0.39 is 5.97 Å². The number of carboxylic acids is 1. The summed E-state index contributed by atoms with van der Waals surface area (Å²) in [5, 5.41) is 12.5. The highest BCUT2D eigenvalue weighted by Crippen LogP contribution is 2.13. The van der Waals surface area contributed by atoms with Crippen molar-refractivity contribution in [2.75, 3.05) is 5.43 Å². The molecule has 0 radical (unpaired) electrons. The Morgan fingerprint density at radius 3 is 2.43 bits per heavy atom. The maximum atomic E-state index is 11.1. The number of thiocarbonyl (C=S) groups is 1. The predicted molar refractivity (Wildman–Crippen MR) is 86.0 cm³/mol. The number of benzene rings is 2. The molecule has 0 bridgehead atoms. The molecule has 0 aliphatic heterocycles. The molecule has 2 aromatic rings. The van der Waals surface area contributed by atoms with Gasteiger partial charge in [0.25, 0.3) is 0 Å². The minimum Gasteiger partial charge on any atom is -0.478 e. The molecule has 6 heteroatoms. The first-order valence-corrected chi connectivity index (χ1v) is 6.74. The predicted octanol–water partition coefficient (Wildman–Crippen LogP) is 2.38. The number of carbonyl (C=O) groups is 1. The molecule has 0 aromatic heterocycles. The van der Waals surface area contributed by atoms with Gasteiger partial charge in [-0.25, -0.2) is 4.79 Å². The van der Waals surface area contributed by atoms with Crippen LogP contribution < -0.4 is 16.2 Å². The third-order valence-corrected chi connectivity index (χ3v) is 3.01. The Labute approximate surface area is 128 Å². The molecule has 0 unspecified atom stereocenters. The van der Waals surface area contributed by atoms with Crippen LogP contribution in [-0.4, -0.2) is 16.2 Å². The first kappa shape index (κ1) is 14.8. The van der Waals surface area contributed by atoms with E-state index in [0.29, 0.717) is 17.3 Å². The number of para-hydroxylation sites is 1. The Kier molecular flexibility index (Phi) is 5.11. The fourth-order valence-electron chi connectivity index (χ4n) is 1.73. The fraction of sp³-hybridized carbons (Fsp3) is 0.0667. The van der Waals surface area contributed by atoms with Crippen LogP contribution in [0, 0.1) is 0 Å². The first-order valence-electron chi connectivity index (χ1n) is 6.33. The number of hydrazine groups is 1. The van der Waals surface area contributed by atoms with Gasteiger partial charge in [0.15, 0.2) is 5.11 Å². The lowest BCUT2D eigenvalue weighted by Crippen LogP contribution is -2.38. The van der Waals surface area contributed by atoms with Gasteiger partial charge in [-0.2, -0.15) is 0 Å². The Balaban J connectivity index is 1.86. The molecule has 0 heterocycles. The lowest BCUT2D eigenvalue weighted by atomic mass is 10.2. The molecule has 4 N–H and O–H groups in total. The lowest BCUT2D eigenvalue weighted by Gasteiger charge is -2.14. The molecule has 0 spiro atoms. The SMILES string of the molecule is O=C(O)c1ccccc1NNC(=S)NCc1ccccc1. The Hall–Kier alpha value is -2.60. The van der Waals surface area contributed by atoms with Crippen molar-refractivity contribution < 1.29 is 9.90 Å². The molecule has 2 rings (SSSR count). The van der Waals surface area contributed by atoms with Crippen molar-refractivity contribution in [2.45, 2.75) is 6.54 Å². The maximum Gasteiger partial charge on any atom is 0.337 e. The van der Waals surface area contributed by atoms with E-state index in [2.05, 4.69) is 16.2 Å². The second kappa shape index (κ2) is 7.25. The van der Waals surface area contributed by atoms with Crippen LogP contribution >= 0.6 is 12.2 Å². The average molecular weight is 301 g/mol. The van der Waals surface area contributed by atoms with Crippen LogP contribution in [-0.2, 0) is 6.54 Å². The molecule has 5 nitrogen and oxygen atoms in total. The van der Waals surface area contributed by atoms with Gasteiger partial charge in [-0.15, -0.1) is 0 Å². The van der Waals surface area contributed by atoms with Crippen LogP contribution in [0.2, 0.25) is 0 Å². The molecule has 0 atom stereocenters. The van der Waals surface area contributed by atoms with Gasteiger partial charge in [0.1, 0.15) is 0 Å². The van der Waals surface area contributed by atoms with Crippen LogP contribution in [0.15, 0.2) is 54.6 Å². The summed E-state index contributed by atoms with van der Waals surface area (Å²) in [4.78, 5) is 11.1. The minimum atomic E-state index is -0.997. The number of nitrogens with one attached hydrogen (secondary N) is 3. The number of hydrogen-bond donors (Lipinski definition) is 4. The van der Waals surface area contributed by atoms with Gasteiger partial charge in [0, 0.05) is 6.54 Å². The molecule has 21 heavy (non-hydrogen) atoms. The van der Waals surface area contributed by atoms with Crippen molar-refractivity contribution in [1.82, 2.24) is 10.7 Å². The quantitative estimate of drug-likeness (QED) is 0.502. The topological polar surface area (TPSA) is 73.4 Å². The van der Waals surface area contributed by atoms with Gasteiger partial charge < -0.3 is 10.4 Å². The normalized spacial score (nSPS) is 9.71. The molecule has 0 amide bonds. The summed E-state index contributed by atoms with van der Waals surface area (Å²) >= 11 is 5.13. The molecule has 0 aliphatic rings. The summed E-state index contributed by atoms with van der Waals surface area (Å²) in [6.45, 7) is 0.592. The van der Waals surface area contributed by atoms with Crippen molar-refractivity contribution in [3.63, 3.8) is 0 Å². The van der Waals surface area contributed by atoms with Gasteiger partial charge in [-0.05, 0) is 29.9 Å². The molecular weight excluding hydrogens is 286 g/mol. The second-order valence-corrected chi connectivity index (χ2v) is 4.68. The van der Waals surface area contributed by atoms with Crippen molar-refractivity contribution in [2.24, 2.45) is 0 Å². The molecule has 108 valence electrons. The first-order chi connectivity index (χ1) is 10.2. The molecular formula is C15H15N3O2S. The Bertz CT molecular complexity index is 632. The van der Waals surface area contributed by atoms with E-state index in [1.165, 1.54) is 6.07 Å². The minimum absolute atomic E-state index is 0.177. The highest BCUT2D eigenvalue weighted by atomic mass is 32.1. The third-order valence-electron chi connectivity index (χ3n) is 2.76. The van der Waals surface area contributed by atoms with E-state index in [9.17, 15) is 4.79 Å². The highest BCUT2D eigenvalue weighted by molar-refractivity contribution is 7.80. The van der Waals surface area contributed by atoms with E-state index in [1.807, 2.05) is 30.3 Å². The van der Waals surface area contributed by atoms with E-state index in [0.717, 1.165) is 5.56 Å². The fourth-order valence-corrected chi connectivity index (χ4v) is 1.85. The Morgan fingerprint density at radius 1 is 1.05 bits per heavy atom. The van der Waals surface area contributed by atoms with Crippen molar-refractivity contribution >= 4 is 29.0 Å². The van der Waals surface area contributed by atoms with Gasteiger partial charge in [0.2, 0.25) is 0 Å². The van der Waals surface area contributed by atoms with Crippen molar-refractivity contribution in [1.29, 1.82) is 0 Å². The van der Waals surface area contributed by atoms with Gasteiger partial charge in [-0.3, -0.25) is 10.9 Å².